The number of nitrogens with zero attached hydrogens (tertiary/aromatic N) is 4. The van der Waals surface area contributed by atoms with Crippen molar-refractivity contribution in [2.45, 2.75) is 59.0 Å². The Labute approximate surface area is 213 Å². The number of carbonyl (C=O) groups is 1. The van der Waals surface area contributed by atoms with E-state index in [9.17, 15) is 4.79 Å². The molecule has 0 radical (unpaired) electrons. The number of nitrogens with one attached hydrogen (secondary N) is 1. The first-order valence-electron chi connectivity index (χ1n) is 13.1. The van der Waals surface area contributed by atoms with Crippen LogP contribution in [0.15, 0.2) is 18.2 Å². The molecule has 0 unspecified atom stereocenters. The second-order valence-electron chi connectivity index (χ2n) is 10.5. The van der Waals surface area contributed by atoms with Gasteiger partial charge < -0.3 is 25.1 Å². The number of unbranched alkanes of at least 4 members (excludes halogenated alkanes) is 1. The molecule has 0 amide bonds. The smallest absolute Gasteiger partial charge is 0.308 e. The number of hydrogen-bond donors (Lipinski definition) is 2. The van der Waals surface area contributed by atoms with Crippen molar-refractivity contribution in [1.29, 1.82) is 0 Å². The number of rotatable bonds is 10. The molecule has 3 heterocycles. The van der Waals surface area contributed by atoms with Gasteiger partial charge in [-0.1, -0.05) is 13.3 Å². The zero-order chi connectivity index (χ0) is 25.7. The van der Waals surface area contributed by atoms with Crippen molar-refractivity contribution in [3.8, 4) is 0 Å². The van der Waals surface area contributed by atoms with Crippen LogP contribution in [0.25, 0.3) is 21.9 Å². The Bertz CT molecular complexity index is 1180. The van der Waals surface area contributed by atoms with Crippen LogP contribution in [0, 0.1) is 0 Å². The van der Waals surface area contributed by atoms with Crippen LogP contribution in [0.3, 0.4) is 0 Å². The number of hydrogen-bond acceptors (Lipinski definition) is 8. The first-order valence-corrected chi connectivity index (χ1v) is 13.1. The first-order chi connectivity index (χ1) is 17.2. The van der Waals surface area contributed by atoms with E-state index in [4.69, 9.17) is 20.2 Å². The molecule has 4 rings (SSSR count). The fourth-order valence-electron chi connectivity index (χ4n) is 4.54. The predicted octanol–water partition coefficient (Wildman–Crippen LogP) is 3.91. The standard InChI is InChI=1S/C27H40N6O3/c1-5-6-7-22-30-24-20-18-19(8-9-21(20)29-26(28)25(24)31-22)33-13-11-32(12-14-33)15-17-35-16-10-23(34)36-27(2,3)4/h8-9,18H,5-7,10-17H2,1-4H3,(H2,28,29)(H,30,31). The molecule has 9 nitrogen and oxygen atoms in total. The number of fused-ring (bicyclic) bond motifs is 3. The molecule has 3 N–H and O–H groups in total. The van der Waals surface area contributed by atoms with Gasteiger partial charge in [0.2, 0.25) is 0 Å². The van der Waals surface area contributed by atoms with Gasteiger partial charge >= 0.3 is 5.97 Å². The Balaban J connectivity index is 1.30. The van der Waals surface area contributed by atoms with Gasteiger partial charge in [0, 0.05) is 50.2 Å². The average molecular weight is 497 g/mol. The molecule has 0 aliphatic carbocycles. The first kappa shape index (κ1) is 26.2. The molecule has 1 aliphatic heterocycles. The molecular weight excluding hydrogens is 456 g/mol. The van der Waals surface area contributed by atoms with Crippen molar-refractivity contribution >= 4 is 39.4 Å². The average Bonchev–Trinajstić information content (AvgIpc) is 3.27. The normalized spacial score (nSPS) is 15.2. The number of anilines is 2. The van der Waals surface area contributed by atoms with E-state index in [2.05, 4.69) is 44.9 Å². The van der Waals surface area contributed by atoms with Crippen LogP contribution in [0.4, 0.5) is 11.5 Å². The lowest BCUT2D eigenvalue weighted by Crippen LogP contribution is -2.47. The summed E-state index contributed by atoms with van der Waals surface area (Å²) in [4.78, 5) is 29.4. The van der Waals surface area contributed by atoms with Crippen molar-refractivity contribution in [3.05, 3.63) is 24.0 Å². The largest absolute Gasteiger partial charge is 0.460 e. The molecule has 3 aromatic rings. The van der Waals surface area contributed by atoms with Crippen molar-refractivity contribution in [1.82, 2.24) is 19.9 Å². The minimum Gasteiger partial charge on any atom is -0.460 e. The Hall–Kier alpha value is -2.91. The SMILES string of the molecule is CCCCc1nc2c(N)nc3ccc(N4CCN(CCOCCC(=O)OC(C)(C)C)CC4)cc3c2[nH]1. The second kappa shape index (κ2) is 11.4. The summed E-state index contributed by atoms with van der Waals surface area (Å²) in [5.41, 5.74) is 9.58. The van der Waals surface area contributed by atoms with E-state index in [1.54, 1.807) is 0 Å². The van der Waals surface area contributed by atoms with Crippen LogP contribution in [0.1, 0.15) is 52.8 Å². The van der Waals surface area contributed by atoms with Gasteiger partial charge in [0.15, 0.2) is 5.82 Å². The molecule has 0 bridgehead atoms. The Kier molecular flexibility index (Phi) is 8.31. The topological polar surface area (TPSA) is 110 Å². The van der Waals surface area contributed by atoms with Crippen LogP contribution >= 0.6 is 0 Å². The number of aromatic nitrogens is 3. The summed E-state index contributed by atoms with van der Waals surface area (Å²) in [6, 6.07) is 6.39. The van der Waals surface area contributed by atoms with Crippen molar-refractivity contribution in [2.24, 2.45) is 0 Å². The van der Waals surface area contributed by atoms with Gasteiger partial charge in [0.1, 0.15) is 16.9 Å². The highest BCUT2D eigenvalue weighted by Crippen LogP contribution is 2.30. The third kappa shape index (κ3) is 6.64. The number of H-pyrrole nitrogens is 1. The number of benzene rings is 1. The Morgan fingerprint density at radius 1 is 1.14 bits per heavy atom. The number of aromatic amines is 1. The molecule has 0 saturated carbocycles. The number of esters is 1. The van der Waals surface area contributed by atoms with Gasteiger partial charge in [-0.15, -0.1) is 0 Å². The molecule has 0 atom stereocenters. The van der Waals surface area contributed by atoms with Gasteiger partial charge in [-0.2, -0.15) is 0 Å². The predicted molar refractivity (Wildman–Crippen MR) is 144 cm³/mol. The van der Waals surface area contributed by atoms with Crippen LogP contribution in [0.5, 0.6) is 0 Å². The maximum Gasteiger partial charge on any atom is 0.308 e. The van der Waals surface area contributed by atoms with Crippen LogP contribution in [-0.4, -0.2) is 77.4 Å². The lowest BCUT2D eigenvalue weighted by atomic mass is 10.1. The molecule has 1 fully saturated rings. The van der Waals surface area contributed by atoms with Crippen LogP contribution in [0.2, 0.25) is 0 Å². The molecule has 0 spiro atoms. The third-order valence-electron chi connectivity index (χ3n) is 6.41. The second-order valence-corrected chi connectivity index (χ2v) is 10.5. The highest BCUT2D eigenvalue weighted by molar-refractivity contribution is 6.07. The summed E-state index contributed by atoms with van der Waals surface area (Å²) in [5.74, 6) is 1.24. The summed E-state index contributed by atoms with van der Waals surface area (Å²) in [7, 11) is 0. The number of aryl methyl sites for hydroxylation is 1. The Morgan fingerprint density at radius 3 is 2.64 bits per heavy atom. The van der Waals surface area contributed by atoms with Gasteiger partial charge in [-0.25, -0.2) is 9.97 Å². The third-order valence-corrected chi connectivity index (χ3v) is 6.41. The molecule has 2 aromatic heterocycles. The highest BCUT2D eigenvalue weighted by atomic mass is 16.6. The van der Waals surface area contributed by atoms with E-state index in [0.717, 1.165) is 79.7 Å². The number of nitrogens with two attached hydrogens (primary N) is 1. The van der Waals surface area contributed by atoms with Gasteiger partial charge in [-0.05, 0) is 45.4 Å². The van der Waals surface area contributed by atoms with Crippen LogP contribution < -0.4 is 10.6 Å². The maximum atomic E-state index is 11.8. The summed E-state index contributed by atoms with van der Waals surface area (Å²) >= 11 is 0. The van der Waals surface area contributed by atoms with E-state index in [0.29, 0.717) is 19.0 Å². The van der Waals surface area contributed by atoms with Gasteiger partial charge in [0.25, 0.3) is 0 Å². The number of pyridine rings is 1. The summed E-state index contributed by atoms with van der Waals surface area (Å²) in [6.45, 7) is 13.5. The van der Waals surface area contributed by atoms with Crippen molar-refractivity contribution < 1.29 is 14.3 Å². The minimum atomic E-state index is -0.451. The molecule has 36 heavy (non-hydrogen) atoms. The van der Waals surface area contributed by atoms with Gasteiger partial charge in [0.05, 0.1) is 30.7 Å². The number of carbonyl (C=O) groups excluding carboxylic acids is 1. The number of imidazole rings is 1. The van der Waals surface area contributed by atoms with Crippen LogP contribution in [-0.2, 0) is 20.7 Å². The number of nitrogen functional groups attached to an aromatic ring is 1. The fourth-order valence-corrected chi connectivity index (χ4v) is 4.54. The molecular formula is C27H40N6O3. The minimum absolute atomic E-state index is 0.214. The maximum absolute atomic E-state index is 11.8. The van der Waals surface area contributed by atoms with Crippen molar-refractivity contribution in [2.75, 3.05) is 56.6 Å². The monoisotopic (exact) mass is 496 g/mol. The van der Waals surface area contributed by atoms with E-state index in [-0.39, 0.29) is 12.4 Å². The van der Waals surface area contributed by atoms with E-state index >= 15 is 0 Å². The zero-order valence-corrected chi connectivity index (χ0v) is 22.1. The van der Waals surface area contributed by atoms with E-state index < -0.39 is 5.60 Å². The Morgan fingerprint density at radius 2 is 1.92 bits per heavy atom. The number of piperazine rings is 1. The molecule has 196 valence electrons. The highest BCUT2D eigenvalue weighted by Gasteiger charge is 2.19. The lowest BCUT2D eigenvalue weighted by molar-refractivity contribution is -0.156. The van der Waals surface area contributed by atoms with E-state index in [1.165, 1.54) is 5.69 Å². The molecule has 1 aliphatic rings. The van der Waals surface area contributed by atoms with E-state index in [1.807, 2.05) is 20.8 Å². The fraction of sp³-hybridized carbons (Fsp3) is 0.593. The van der Waals surface area contributed by atoms with Gasteiger partial charge in [-0.3, -0.25) is 9.69 Å². The summed E-state index contributed by atoms with van der Waals surface area (Å²) in [5, 5.41) is 1.06. The molecule has 1 aromatic carbocycles. The van der Waals surface area contributed by atoms with Crippen molar-refractivity contribution in [3.63, 3.8) is 0 Å². The summed E-state index contributed by atoms with van der Waals surface area (Å²) < 4.78 is 11.0. The zero-order valence-electron chi connectivity index (χ0n) is 22.1. The lowest BCUT2D eigenvalue weighted by Gasteiger charge is -2.36. The quantitative estimate of drug-likeness (QED) is 0.321. The molecule has 1 saturated heterocycles. The number of ether oxygens (including phenoxy) is 2. The summed E-state index contributed by atoms with van der Waals surface area (Å²) in [6.07, 6.45) is 3.42. The molecule has 9 heteroatoms.